The van der Waals surface area contributed by atoms with Crippen molar-refractivity contribution in [3.05, 3.63) is 64.7 Å². The first kappa shape index (κ1) is 14.9. The fourth-order valence-corrected chi connectivity index (χ4v) is 3.06. The van der Waals surface area contributed by atoms with E-state index in [4.69, 9.17) is 0 Å². The number of ether oxygens (including phenoxy) is 1. The van der Waals surface area contributed by atoms with Crippen LogP contribution in [-0.4, -0.2) is 18.1 Å². The molecule has 0 bridgehead atoms. The number of methoxy groups -OCH3 is 1. The highest BCUT2D eigenvalue weighted by Crippen LogP contribution is 2.27. The summed E-state index contributed by atoms with van der Waals surface area (Å²) in [5, 5.41) is 10.1. The van der Waals surface area contributed by atoms with Crippen LogP contribution in [0.2, 0.25) is 0 Å². The molecule has 0 atom stereocenters. The predicted molar refractivity (Wildman–Crippen MR) is 90.9 cm³/mol. The fraction of sp³-hybridized carbons (Fsp3) is 0.0556. The third-order valence-corrected chi connectivity index (χ3v) is 4.36. The number of carbonyl (C=O) groups is 1. The van der Waals surface area contributed by atoms with Crippen molar-refractivity contribution in [1.82, 2.24) is 4.98 Å². The lowest BCUT2D eigenvalue weighted by atomic mass is 10.1. The summed E-state index contributed by atoms with van der Waals surface area (Å²) in [7, 11) is 1.34. The summed E-state index contributed by atoms with van der Waals surface area (Å²) >= 11 is 1.48. The minimum atomic E-state index is -0.382. The third-order valence-electron chi connectivity index (χ3n) is 3.29. The first-order valence-electron chi connectivity index (χ1n) is 6.87. The lowest BCUT2D eigenvalue weighted by molar-refractivity contribution is 0.0600. The van der Waals surface area contributed by atoms with Crippen molar-refractivity contribution < 1.29 is 9.53 Å². The van der Waals surface area contributed by atoms with E-state index < -0.39 is 0 Å². The number of hydrogen-bond acceptors (Lipinski definition) is 5. The number of esters is 1. The molecule has 0 radical (unpaired) electrons. The van der Waals surface area contributed by atoms with Crippen LogP contribution in [0.5, 0.6) is 0 Å². The Morgan fingerprint density at radius 2 is 1.96 bits per heavy atom. The Labute approximate surface area is 137 Å². The zero-order valence-corrected chi connectivity index (χ0v) is 13.1. The lowest BCUT2D eigenvalue weighted by Gasteiger charge is -2.00. The van der Waals surface area contributed by atoms with Gasteiger partial charge in [0.15, 0.2) is 0 Å². The van der Waals surface area contributed by atoms with E-state index in [1.54, 1.807) is 30.3 Å². The smallest absolute Gasteiger partial charge is 0.337 e. The van der Waals surface area contributed by atoms with Crippen LogP contribution in [0, 0.1) is 11.3 Å². The van der Waals surface area contributed by atoms with Gasteiger partial charge in [0, 0.05) is 0 Å². The molecule has 4 nitrogen and oxygen atoms in total. The van der Waals surface area contributed by atoms with Gasteiger partial charge in [0.1, 0.15) is 11.1 Å². The number of thiazole rings is 1. The summed E-state index contributed by atoms with van der Waals surface area (Å²) in [6.45, 7) is 0. The van der Waals surface area contributed by atoms with Gasteiger partial charge in [-0.1, -0.05) is 24.3 Å². The molecule has 0 N–H and O–H groups in total. The maximum atomic E-state index is 11.4. The zero-order chi connectivity index (χ0) is 16.2. The summed E-state index contributed by atoms with van der Waals surface area (Å²) in [4.78, 5) is 15.9. The first-order chi connectivity index (χ1) is 11.2. The van der Waals surface area contributed by atoms with Gasteiger partial charge < -0.3 is 4.74 Å². The largest absolute Gasteiger partial charge is 0.465 e. The van der Waals surface area contributed by atoms with E-state index in [0.29, 0.717) is 16.1 Å². The van der Waals surface area contributed by atoms with Crippen molar-refractivity contribution in [2.24, 2.45) is 0 Å². The molecule has 0 fully saturated rings. The number of benzene rings is 2. The van der Waals surface area contributed by atoms with Crippen molar-refractivity contribution in [3.8, 4) is 6.07 Å². The van der Waals surface area contributed by atoms with Gasteiger partial charge in [-0.15, -0.1) is 11.3 Å². The van der Waals surface area contributed by atoms with Crippen molar-refractivity contribution in [3.63, 3.8) is 0 Å². The Bertz CT molecular complexity index is 901. The highest BCUT2D eigenvalue weighted by atomic mass is 32.1. The summed E-state index contributed by atoms with van der Waals surface area (Å²) in [6.07, 6.45) is 1.76. The minimum Gasteiger partial charge on any atom is -0.465 e. The third kappa shape index (κ3) is 3.12. The SMILES string of the molecule is COC(=O)c1ccc(C=C(C#N)c2nc3ccccc3s2)cc1. The van der Waals surface area contributed by atoms with Gasteiger partial charge in [-0.05, 0) is 35.9 Å². The van der Waals surface area contributed by atoms with Crippen molar-refractivity contribution in [2.75, 3.05) is 7.11 Å². The Balaban J connectivity index is 1.95. The lowest BCUT2D eigenvalue weighted by Crippen LogP contribution is -2.00. The van der Waals surface area contributed by atoms with Gasteiger partial charge in [-0.3, -0.25) is 0 Å². The average Bonchev–Trinajstić information content (AvgIpc) is 3.03. The molecule has 0 aliphatic heterocycles. The van der Waals surface area contributed by atoms with Gasteiger partial charge in [0.05, 0.1) is 28.5 Å². The molecule has 5 heteroatoms. The van der Waals surface area contributed by atoms with Crippen LogP contribution in [0.3, 0.4) is 0 Å². The molecule has 3 rings (SSSR count). The number of rotatable bonds is 3. The van der Waals surface area contributed by atoms with Gasteiger partial charge in [-0.2, -0.15) is 5.26 Å². The molecule has 0 aliphatic carbocycles. The number of fused-ring (bicyclic) bond motifs is 1. The number of aromatic nitrogens is 1. The molecule has 0 spiro atoms. The molecule has 0 aliphatic rings. The van der Waals surface area contributed by atoms with Crippen molar-refractivity contribution in [2.45, 2.75) is 0 Å². The van der Waals surface area contributed by atoms with Crippen LogP contribution in [0.4, 0.5) is 0 Å². The van der Waals surface area contributed by atoms with E-state index in [1.807, 2.05) is 24.3 Å². The number of hydrogen-bond donors (Lipinski definition) is 0. The van der Waals surface area contributed by atoms with Crippen LogP contribution in [-0.2, 0) is 4.74 Å². The van der Waals surface area contributed by atoms with E-state index in [0.717, 1.165) is 15.8 Å². The van der Waals surface area contributed by atoms with E-state index in [1.165, 1.54) is 18.4 Å². The molecule has 2 aromatic carbocycles. The normalized spacial score (nSPS) is 11.2. The molecule has 0 saturated heterocycles. The standard InChI is InChI=1S/C18H12N2O2S/c1-22-18(21)13-8-6-12(7-9-13)10-14(11-19)17-20-15-4-2-3-5-16(15)23-17/h2-10H,1H3. The van der Waals surface area contributed by atoms with Crippen molar-refractivity contribution >= 4 is 39.2 Å². The first-order valence-corrected chi connectivity index (χ1v) is 7.69. The van der Waals surface area contributed by atoms with Crippen LogP contribution in [0.15, 0.2) is 48.5 Å². The van der Waals surface area contributed by atoms with Gasteiger partial charge >= 0.3 is 5.97 Å². The molecule has 1 heterocycles. The molecule has 23 heavy (non-hydrogen) atoms. The summed E-state index contributed by atoms with van der Waals surface area (Å²) in [6, 6.07) is 16.9. The highest BCUT2D eigenvalue weighted by molar-refractivity contribution is 7.19. The van der Waals surface area contributed by atoms with E-state index in [-0.39, 0.29) is 5.97 Å². The molecule has 1 aromatic heterocycles. The van der Waals surface area contributed by atoms with Crippen LogP contribution >= 0.6 is 11.3 Å². The second-order valence-corrected chi connectivity index (χ2v) is 5.80. The molecular formula is C18H12N2O2S. The summed E-state index contributed by atoms with van der Waals surface area (Å²) < 4.78 is 5.71. The van der Waals surface area contributed by atoms with Gasteiger partial charge in [0.2, 0.25) is 0 Å². The minimum absolute atomic E-state index is 0.382. The van der Waals surface area contributed by atoms with E-state index in [9.17, 15) is 10.1 Å². The summed E-state index contributed by atoms with van der Waals surface area (Å²) in [5.41, 5.74) is 2.68. The van der Waals surface area contributed by atoms with Crippen molar-refractivity contribution in [1.29, 1.82) is 5.26 Å². The van der Waals surface area contributed by atoms with E-state index in [2.05, 4.69) is 15.8 Å². The Hall–Kier alpha value is -2.97. The average molecular weight is 320 g/mol. The fourth-order valence-electron chi connectivity index (χ4n) is 2.13. The second kappa shape index (κ2) is 6.42. The number of nitriles is 1. The number of allylic oxidation sites excluding steroid dienone is 1. The summed E-state index contributed by atoms with van der Waals surface area (Å²) in [5.74, 6) is -0.382. The van der Waals surface area contributed by atoms with Crippen LogP contribution < -0.4 is 0 Å². The quantitative estimate of drug-likeness (QED) is 0.537. The highest BCUT2D eigenvalue weighted by Gasteiger charge is 2.09. The number of carbonyl (C=O) groups excluding carboxylic acids is 1. The second-order valence-electron chi connectivity index (χ2n) is 4.77. The molecule has 0 unspecified atom stereocenters. The maximum absolute atomic E-state index is 11.4. The Kier molecular flexibility index (Phi) is 4.18. The Morgan fingerprint density at radius 3 is 2.61 bits per heavy atom. The molecular weight excluding hydrogens is 308 g/mol. The van der Waals surface area contributed by atoms with Gasteiger partial charge in [0.25, 0.3) is 0 Å². The molecule has 0 saturated carbocycles. The number of para-hydroxylation sites is 1. The molecule has 0 amide bonds. The van der Waals surface area contributed by atoms with Crippen LogP contribution in [0.1, 0.15) is 20.9 Å². The molecule has 3 aromatic rings. The topological polar surface area (TPSA) is 63.0 Å². The molecule has 112 valence electrons. The van der Waals surface area contributed by atoms with E-state index >= 15 is 0 Å². The zero-order valence-electron chi connectivity index (χ0n) is 12.3. The Morgan fingerprint density at radius 1 is 1.22 bits per heavy atom. The predicted octanol–water partition coefficient (Wildman–Crippen LogP) is 4.15. The van der Waals surface area contributed by atoms with Crippen LogP contribution in [0.25, 0.3) is 21.9 Å². The van der Waals surface area contributed by atoms with Gasteiger partial charge in [-0.25, -0.2) is 9.78 Å². The number of nitrogens with zero attached hydrogens (tertiary/aromatic N) is 2. The maximum Gasteiger partial charge on any atom is 0.337 e. The monoisotopic (exact) mass is 320 g/mol.